The number of aromatic nitrogens is 4. The molecule has 7 nitrogen and oxygen atoms in total. The maximum atomic E-state index is 12.8. The first-order chi connectivity index (χ1) is 13.3. The van der Waals surface area contributed by atoms with Gasteiger partial charge in [0.05, 0.1) is 23.1 Å². The zero-order chi connectivity index (χ0) is 19.9. The van der Waals surface area contributed by atoms with Crippen LogP contribution in [0.2, 0.25) is 0 Å². The Morgan fingerprint density at radius 3 is 2.68 bits per heavy atom. The Morgan fingerprint density at radius 2 is 2.04 bits per heavy atom. The number of aryl methyl sites for hydroxylation is 1. The Balaban J connectivity index is 1.84. The number of nitrogens with one attached hydrogen (secondary N) is 2. The van der Waals surface area contributed by atoms with Gasteiger partial charge in [0, 0.05) is 37.6 Å². The fraction of sp³-hybridized carbons (Fsp3) is 0.333. The summed E-state index contributed by atoms with van der Waals surface area (Å²) in [4.78, 5) is 25.4. The zero-order valence-electron chi connectivity index (χ0n) is 14.9. The highest BCUT2D eigenvalue weighted by Crippen LogP contribution is 2.31. The van der Waals surface area contributed by atoms with E-state index in [9.17, 15) is 18.0 Å². The smallest absolute Gasteiger partial charge is 0.365 e. The van der Waals surface area contributed by atoms with E-state index in [1.807, 2.05) is 0 Å². The molecule has 3 aromatic rings. The van der Waals surface area contributed by atoms with Gasteiger partial charge in [0.1, 0.15) is 11.2 Å². The van der Waals surface area contributed by atoms with Gasteiger partial charge >= 0.3 is 6.18 Å². The molecular formula is C18H17F3N6O. The van der Waals surface area contributed by atoms with Gasteiger partial charge in [-0.3, -0.25) is 9.78 Å². The van der Waals surface area contributed by atoms with Crippen LogP contribution in [0.4, 0.5) is 19.0 Å². The molecule has 0 bridgehead atoms. The summed E-state index contributed by atoms with van der Waals surface area (Å²) in [7, 11) is 1.58. The SMILES string of the molecule is Cn1cnc2c(-c3ccc(C(F)(F)F)cn3)cnc(NC3CCNC3)c2c1=O. The van der Waals surface area contributed by atoms with Crippen LogP contribution in [-0.2, 0) is 13.2 Å². The summed E-state index contributed by atoms with van der Waals surface area (Å²) in [6.07, 6.45) is 0.0436. The summed E-state index contributed by atoms with van der Waals surface area (Å²) in [6.45, 7) is 1.63. The average molecular weight is 390 g/mol. The molecule has 1 unspecified atom stereocenters. The summed E-state index contributed by atoms with van der Waals surface area (Å²) >= 11 is 0. The molecule has 10 heteroatoms. The molecule has 1 aliphatic heterocycles. The molecule has 1 atom stereocenters. The molecule has 0 radical (unpaired) electrons. The molecule has 1 saturated heterocycles. The lowest BCUT2D eigenvalue weighted by molar-refractivity contribution is -0.137. The number of halogens is 3. The number of rotatable bonds is 3. The van der Waals surface area contributed by atoms with Crippen LogP contribution >= 0.6 is 0 Å². The van der Waals surface area contributed by atoms with Crippen LogP contribution in [0.25, 0.3) is 22.2 Å². The first-order valence-electron chi connectivity index (χ1n) is 8.70. The molecule has 1 fully saturated rings. The summed E-state index contributed by atoms with van der Waals surface area (Å²) in [6, 6.07) is 2.34. The second-order valence-corrected chi connectivity index (χ2v) is 6.67. The topological polar surface area (TPSA) is 84.7 Å². The van der Waals surface area contributed by atoms with E-state index in [-0.39, 0.29) is 22.7 Å². The van der Waals surface area contributed by atoms with E-state index in [1.165, 1.54) is 23.2 Å². The predicted octanol–water partition coefficient (Wildman–Crippen LogP) is 2.18. The fourth-order valence-electron chi connectivity index (χ4n) is 3.20. The Morgan fingerprint density at radius 1 is 1.21 bits per heavy atom. The maximum Gasteiger partial charge on any atom is 0.417 e. The normalized spacial score (nSPS) is 17.2. The molecular weight excluding hydrogens is 373 g/mol. The Bertz CT molecular complexity index is 1070. The van der Waals surface area contributed by atoms with Crippen LogP contribution < -0.4 is 16.2 Å². The summed E-state index contributed by atoms with van der Waals surface area (Å²) in [5.74, 6) is 0.410. The summed E-state index contributed by atoms with van der Waals surface area (Å²) < 4.78 is 39.7. The van der Waals surface area contributed by atoms with Crippen LogP contribution in [0.3, 0.4) is 0 Å². The second-order valence-electron chi connectivity index (χ2n) is 6.67. The van der Waals surface area contributed by atoms with Crippen molar-refractivity contribution in [2.75, 3.05) is 18.4 Å². The lowest BCUT2D eigenvalue weighted by Gasteiger charge is -2.15. The van der Waals surface area contributed by atoms with Gasteiger partial charge in [-0.25, -0.2) is 9.97 Å². The molecule has 0 saturated carbocycles. The first kappa shape index (κ1) is 18.4. The van der Waals surface area contributed by atoms with Crippen molar-refractivity contribution in [3.05, 3.63) is 46.8 Å². The third kappa shape index (κ3) is 3.31. The van der Waals surface area contributed by atoms with Crippen molar-refractivity contribution in [2.45, 2.75) is 18.6 Å². The van der Waals surface area contributed by atoms with Crippen LogP contribution in [0, 0.1) is 0 Å². The number of alkyl halides is 3. The van der Waals surface area contributed by atoms with Gasteiger partial charge in [-0.1, -0.05) is 0 Å². The highest BCUT2D eigenvalue weighted by Gasteiger charge is 2.31. The molecule has 0 amide bonds. The number of pyridine rings is 2. The van der Waals surface area contributed by atoms with E-state index in [2.05, 4.69) is 25.6 Å². The molecule has 1 aliphatic rings. The standard InChI is InChI=1S/C18H17F3N6O/c1-27-9-25-15-12(13-3-2-10(6-23-13)18(19,20)21)8-24-16(14(15)17(27)28)26-11-4-5-22-7-11/h2-3,6,8-9,11,22H,4-5,7H2,1H3,(H,24,26). The molecule has 0 spiro atoms. The lowest BCUT2D eigenvalue weighted by Crippen LogP contribution is -2.25. The van der Waals surface area contributed by atoms with Gasteiger partial charge in [-0.15, -0.1) is 0 Å². The highest BCUT2D eigenvalue weighted by molar-refractivity contribution is 5.97. The first-order valence-corrected chi connectivity index (χ1v) is 8.70. The van der Waals surface area contributed by atoms with Crippen molar-refractivity contribution in [1.29, 1.82) is 0 Å². The lowest BCUT2D eigenvalue weighted by atomic mass is 10.1. The molecule has 2 N–H and O–H groups in total. The van der Waals surface area contributed by atoms with E-state index in [0.29, 0.717) is 16.9 Å². The van der Waals surface area contributed by atoms with Gasteiger partial charge in [0.25, 0.3) is 5.56 Å². The van der Waals surface area contributed by atoms with Crippen molar-refractivity contribution in [3.8, 4) is 11.3 Å². The van der Waals surface area contributed by atoms with Crippen LogP contribution in [0.5, 0.6) is 0 Å². The quantitative estimate of drug-likeness (QED) is 0.713. The molecule has 4 rings (SSSR count). The van der Waals surface area contributed by atoms with Gasteiger partial charge in [0.2, 0.25) is 0 Å². The Hall–Kier alpha value is -3.01. The number of anilines is 1. The predicted molar refractivity (Wildman–Crippen MR) is 97.9 cm³/mol. The van der Waals surface area contributed by atoms with Crippen LogP contribution in [0.1, 0.15) is 12.0 Å². The molecule has 28 heavy (non-hydrogen) atoms. The molecule has 3 aromatic heterocycles. The third-order valence-electron chi connectivity index (χ3n) is 4.71. The average Bonchev–Trinajstić information content (AvgIpc) is 3.17. The van der Waals surface area contributed by atoms with E-state index >= 15 is 0 Å². The summed E-state index contributed by atoms with van der Waals surface area (Å²) in [5.41, 5.74) is -0.125. The largest absolute Gasteiger partial charge is 0.417 e. The zero-order valence-corrected chi connectivity index (χ0v) is 14.9. The number of hydrogen-bond acceptors (Lipinski definition) is 6. The number of hydrogen-bond donors (Lipinski definition) is 2. The number of nitrogens with zero attached hydrogens (tertiary/aromatic N) is 4. The fourth-order valence-corrected chi connectivity index (χ4v) is 3.20. The maximum absolute atomic E-state index is 12.8. The van der Waals surface area contributed by atoms with Crippen molar-refractivity contribution in [2.24, 2.45) is 7.05 Å². The molecule has 146 valence electrons. The second kappa shape index (κ2) is 6.86. The van der Waals surface area contributed by atoms with Crippen molar-refractivity contribution in [1.82, 2.24) is 24.8 Å². The van der Waals surface area contributed by atoms with E-state index < -0.39 is 11.7 Å². The van der Waals surface area contributed by atoms with Crippen LogP contribution in [-0.4, -0.2) is 38.7 Å². The van der Waals surface area contributed by atoms with E-state index in [4.69, 9.17) is 0 Å². The minimum Gasteiger partial charge on any atom is -0.365 e. The van der Waals surface area contributed by atoms with E-state index in [0.717, 1.165) is 31.8 Å². The third-order valence-corrected chi connectivity index (χ3v) is 4.71. The number of fused-ring (bicyclic) bond motifs is 1. The van der Waals surface area contributed by atoms with Crippen molar-refractivity contribution >= 4 is 16.7 Å². The van der Waals surface area contributed by atoms with Crippen LogP contribution in [0.15, 0.2) is 35.6 Å². The monoisotopic (exact) mass is 390 g/mol. The van der Waals surface area contributed by atoms with Gasteiger partial charge in [-0.05, 0) is 25.1 Å². The van der Waals surface area contributed by atoms with Gasteiger partial charge < -0.3 is 15.2 Å². The van der Waals surface area contributed by atoms with Gasteiger partial charge in [-0.2, -0.15) is 13.2 Å². The van der Waals surface area contributed by atoms with Gasteiger partial charge in [0.15, 0.2) is 0 Å². The Kier molecular flexibility index (Phi) is 4.50. The molecule has 4 heterocycles. The Labute approximate surface area is 157 Å². The van der Waals surface area contributed by atoms with Crippen molar-refractivity contribution < 1.29 is 13.2 Å². The highest BCUT2D eigenvalue weighted by atomic mass is 19.4. The van der Waals surface area contributed by atoms with Crippen molar-refractivity contribution in [3.63, 3.8) is 0 Å². The summed E-state index contributed by atoms with van der Waals surface area (Å²) in [5, 5.41) is 6.78. The molecule has 0 aliphatic carbocycles. The van der Waals surface area contributed by atoms with E-state index in [1.54, 1.807) is 7.05 Å². The minimum absolute atomic E-state index is 0.135. The minimum atomic E-state index is -4.47. The molecule has 0 aromatic carbocycles.